The smallest absolute Gasteiger partial charge is 0.287 e. The molecule has 0 aliphatic carbocycles. The van der Waals surface area contributed by atoms with Crippen LogP contribution in [0.5, 0.6) is 0 Å². The summed E-state index contributed by atoms with van der Waals surface area (Å²) in [4.78, 5) is 26.5. The highest BCUT2D eigenvalue weighted by Gasteiger charge is 2.20. The predicted octanol–water partition coefficient (Wildman–Crippen LogP) is 2.73. The van der Waals surface area contributed by atoms with E-state index < -0.39 is 5.91 Å². The lowest BCUT2D eigenvalue weighted by atomic mass is 10.2. The van der Waals surface area contributed by atoms with Crippen LogP contribution in [0.4, 0.5) is 0 Å². The standard InChI is InChI=1S/C19H20N2O4/c1-12-8-9-17(24-12)14(21(2)3)11-20-19(23)18-10-15(22)13-6-4-5-7-16(13)25-18/h4-10,14H,11H2,1-3H3,(H,20,23)/t14-/m1/s1. The maximum Gasteiger partial charge on any atom is 0.287 e. The second-order valence-corrected chi connectivity index (χ2v) is 6.11. The van der Waals surface area contributed by atoms with Crippen molar-refractivity contribution < 1.29 is 13.6 Å². The summed E-state index contributed by atoms with van der Waals surface area (Å²) < 4.78 is 11.2. The molecule has 0 saturated heterocycles. The summed E-state index contributed by atoms with van der Waals surface area (Å²) >= 11 is 0. The lowest BCUT2D eigenvalue weighted by Crippen LogP contribution is -2.34. The van der Waals surface area contributed by atoms with Crippen molar-refractivity contribution in [3.63, 3.8) is 0 Å². The molecule has 1 N–H and O–H groups in total. The molecule has 6 nitrogen and oxygen atoms in total. The van der Waals surface area contributed by atoms with E-state index in [2.05, 4.69) is 5.32 Å². The number of carbonyl (C=O) groups excluding carboxylic acids is 1. The zero-order valence-electron chi connectivity index (χ0n) is 14.4. The molecule has 130 valence electrons. The van der Waals surface area contributed by atoms with Gasteiger partial charge in [0.25, 0.3) is 5.91 Å². The number of likely N-dealkylation sites (N-methyl/N-ethyl adjacent to an activating group) is 1. The van der Waals surface area contributed by atoms with Gasteiger partial charge in [0.05, 0.1) is 11.4 Å². The fraction of sp³-hybridized carbons (Fsp3) is 0.263. The topological polar surface area (TPSA) is 75.7 Å². The fourth-order valence-electron chi connectivity index (χ4n) is 2.66. The SMILES string of the molecule is Cc1ccc([C@@H](CNC(=O)c2cc(=O)c3ccccc3o2)N(C)C)o1. The molecule has 25 heavy (non-hydrogen) atoms. The van der Waals surface area contributed by atoms with Crippen LogP contribution in [-0.4, -0.2) is 31.4 Å². The van der Waals surface area contributed by atoms with Crippen molar-refractivity contribution in [1.29, 1.82) is 0 Å². The minimum atomic E-state index is -0.432. The molecular weight excluding hydrogens is 320 g/mol. The number of benzene rings is 1. The molecule has 6 heteroatoms. The third-order valence-electron chi connectivity index (χ3n) is 4.03. The van der Waals surface area contributed by atoms with Gasteiger partial charge in [-0.1, -0.05) is 12.1 Å². The molecule has 1 aromatic carbocycles. The summed E-state index contributed by atoms with van der Waals surface area (Å²) in [6.45, 7) is 2.20. The third kappa shape index (κ3) is 3.64. The van der Waals surface area contributed by atoms with E-state index in [9.17, 15) is 9.59 Å². The van der Waals surface area contributed by atoms with E-state index in [1.165, 1.54) is 6.07 Å². The molecule has 2 aromatic heterocycles. The van der Waals surface area contributed by atoms with E-state index in [4.69, 9.17) is 8.83 Å². The summed E-state index contributed by atoms with van der Waals surface area (Å²) in [5, 5.41) is 3.26. The molecule has 3 aromatic rings. The Labute approximate surface area is 145 Å². The van der Waals surface area contributed by atoms with Gasteiger partial charge in [-0.15, -0.1) is 0 Å². The summed E-state index contributed by atoms with van der Waals surface area (Å²) in [7, 11) is 3.82. The molecule has 0 aliphatic heterocycles. The highest BCUT2D eigenvalue weighted by atomic mass is 16.3. The van der Waals surface area contributed by atoms with Crippen LogP contribution >= 0.6 is 0 Å². The van der Waals surface area contributed by atoms with Gasteiger partial charge in [0.1, 0.15) is 17.1 Å². The highest BCUT2D eigenvalue weighted by molar-refractivity contribution is 5.93. The third-order valence-corrected chi connectivity index (χ3v) is 4.03. The fourth-order valence-corrected chi connectivity index (χ4v) is 2.66. The number of para-hydroxylation sites is 1. The van der Waals surface area contributed by atoms with Crippen molar-refractivity contribution in [3.8, 4) is 0 Å². The summed E-state index contributed by atoms with van der Waals surface area (Å²) in [5.74, 6) is 1.14. The summed E-state index contributed by atoms with van der Waals surface area (Å²) in [6, 6.07) is 11.7. The first-order valence-corrected chi connectivity index (χ1v) is 7.99. The molecule has 0 saturated carbocycles. The molecular formula is C19H20N2O4. The number of hydrogen-bond acceptors (Lipinski definition) is 5. The van der Waals surface area contributed by atoms with Gasteiger partial charge in [0.2, 0.25) is 0 Å². The molecule has 0 radical (unpaired) electrons. The number of furan rings is 1. The molecule has 0 spiro atoms. The largest absolute Gasteiger partial charge is 0.465 e. The second kappa shape index (κ2) is 6.94. The van der Waals surface area contributed by atoms with Gasteiger partial charge in [-0.3, -0.25) is 14.5 Å². The lowest BCUT2D eigenvalue weighted by molar-refractivity contribution is 0.0911. The molecule has 0 fully saturated rings. The molecule has 1 atom stereocenters. The Morgan fingerprint density at radius 2 is 1.92 bits per heavy atom. The zero-order valence-corrected chi connectivity index (χ0v) is 14.4. The number of carbonyl (C=O) groups is 1. The Bertz CT molecular complexity index is 955. The summed E-state index contributed by atoms with van der Waals surface area (Å²) in [5.41, 5.74) is 0.156. The van der Waals surface area contributed by atoms with E-state index in [1.807, 2.05) is 38.1 Å². The second-order valence-electron chi connectivity index (χ2n) is 6.11. The Kier molecular flexibility index (Phi) is 4.72. The van der Waals surface area contributed by atoms with Gasteiger partial charge in [0.15, 0.2) is 11.2 Å². The minimum Gasteiger partial charge on any atom is -0.465 e. The monoisotopic (exact) mass is 340 g/mol. The summed E-state index contributed by atoms with van der Waals surface area (Å²) in [6.07, 6.45) is 0. The van der Waals surface area contributed by atoms with E-state index in [0.29, 0.717) is 17.5 Å². The normalized spacial score (nSPS) is 12.5. The number of aryl methyl sites for hydroxylation is 1. The van der Waals surface area contributed by atoms with Crippen molar-refractivity contribution in [1.82, 2.24) is 10.2 Å². The number of fused-ring (bicyclic) bond motifs is 1. The van der Waals surface area contributed by atoms with Crippen LogP contribution in [0.1, 0.15) is 28.1 Å². The maximum atomic E-state index is 12.4. The average Bonchev–Trinajstić information content (AvgIpc) is 3.00. The zero-order chi connectivity index (χ0) is 18.0. The number of nitrogens with zero attached hydrogens (tertiary/aromatic N) is 1. The predicted molar refractivity (Wildman–Crippen MR) is 94.7 cm³/mol. The van der Waals surface area contributed by atoms with Crippen molar-refractivity contribution in [2.45, 2.75) is 13.0 Å². The van der Waals surface area contributed by atoms with Gasteiger partial charge in [-0.25, -0.2) is 0 Å². The number of nitrogens with one attached hydrogen (secondary N) is 1. The van der Waals surface area contributed by atoms with Crippen LogP contribution in [0.3, 0.4) is 0 Å². The van der Waals surface area contributed by atoms with E-state index in [-0.39, 0.29) is 17.2 Å². The maximum absolute atomic E-state index is 12.4. The first-order valence-electron chi connectivity index (χ1n) is 7.99. The van der Waals surface area contributed by atoms with Crippen LogP contribution < -0.4 is 10.7 Å². The molecule has 2 heterocycles. The van der Waals surface area contributed by atoms with Gasteiger partial charge in [0, 0.05) is 12.6 Å². The average molecular weight is 340 g/mol. The van der Waals surface area contributed by atoms with E-state index in [0.717, 1.165) is 11.5 Å². The van der Waals surface area contributed by atoms with Crippen LogP contribution in [0.2, 0.25) is 0 Å². The number of amides is 1. The number of rotatable bonds is 5. The van der Waals surface area contributed by atoms with Crippen molar-refractivity contribution in [2.75, 3.05) is 20.6 Å². The van der Waals surface area contributed by atoms with Crippen molar-refractivity contribution in [3.05, 3.63) is 70.0 Å². The Balaban J connectivity index is 1.78. The molecule has 0 bridgehead atoms. The van der Waals surface area contributed by atoms with Crippen LogP contribution in [0.15, 0.2) is 56.1 Å². The van der Waals surface area contributed by atoms with E-state index >= 15 is 0 Å². The van der Waals surface area contributed by atoms with Crippen LogP contribution in [0, 0.1) is 6.92 Å². The van der Waals surface area contributed by atoms with Gasteiger partial charge < -0.3 is 14.2 Å². The minimum absolute atomic E-state index is 0.00293. The van der Waals surface area contributed by atoms with Crippen LogP contribution in [-0.2, 0) is 0 Å². The highest BCUT2D eigenvalue weighted by Crippen LogP contribution is 2.20. The first-order chi connectivity index (χ1) is 12.0. The van der Waals surface area contributed by atoms with Crippen molar-refractivity contribution >= 4 is 16.9 Å². The van der Waals surface area contributed by atoms with Gasteiger partial charge in [-0.05, 0) is 45.3 Å². The van der Waals surface area contributed by atoms with Crippen molar-refractivity contribution in [2.24, 2.45) is 0 Å². The van der Waals surface area contributed by atoms with Gasteiger partial charge >= 0.3 is 0 Å². The molecule has 3 rings (SSSR count). The number of hydrogen-bond donors (Lipinski definition) is 1. The Hall–Kier alpha value is -2.86. The first kappa shape index (κ1) is 17.0. The Morgan fingerprint density at radius 1 is 1.16 bits per heavy atom. The lowest BCUT2D eigenvalue weighted by Gasteiger charge is -2.22. The quantitative estimate of drug-likeness (QED) is 0.773. The Morgan fingerprint density at radius 3 is 2.60 bits per heavy atom. The molecule has 1 amide bonds. The van der Waals surface area contributed by atoms with Gasteiger partial charge in [-0.2, -0.15) is 0 Å². The molecule has 0 unspecified atom stereocenters. The molecule has 0 aliphatic rings. The van der Waals surface area contributed by atoms with Crippen LogP contribution in [0.25, 0.3) is 11.0 Å². The van der Waals surface area contributed by atoms with E-state index in [1.54, 1.807) is 24.3 Å².